The maximum Gasteiger partial charge on any atom is 0.419 e. The number of amides is 2. The molecule has 2 amide bonds. The lowest BCUT2D eigenvalue weighted by molar-refractivity contribution is -0.137. The zero-order valence-corrected chi connectivity index (χ0v) is 21.1. The molecule has 1 N–H and O–H groups in total. The summed E-state index contributed by atoms with van der Waals surface area (Å²) in [7, 11) is 0. The van der Waals surface area contributed by atoms with Crippen LogP contribution in [0.5, 0.6) is 0 Å². The maximum absolute atomic E-state index is 13.4. The van der Waals surface area contributed by atoms with Gasteiger partial charge in [0.1, 0.15) is 5.82 Å². The van der Waals surface area contributed by atoms with Crippen molar-refractivity contribution >= 4 is 23.4 Å². The highest BCUT2D eigenvalue weighted by molar-refractivity contribution is 6.30. The van der Waals surface area contributed by atoms with E-state index in [1.165, 1.54) is 12.3 Å². The predicted octanol–water partition coefficient (Wildman–Crippen LogP) is 5.27. The van der Waals surface area contributed by atoms with E-state index in [0.29, 0.717) is 5.02 Å². The van der Waals surface area contributed by atoms with Crippen LogP contribution in [0.15, 0.2) is 48.7 Å². The molecule has 36 heavy (non-hydrogen) atoms. The van der Waals surface area contributed by atoms with Crippen molar-refractivity contribution in [1.29, 1.82) is 0 Å². The molecular formula is C25H28ClF3N6O. The van der Waals surface area contributed by atoms with Crippen molar-refractivity contribution in [1.82, 2.24) is 25.0 Å². The minimum absolute atomic E-state index is 0.106. The molecular weight excluding hydrogens is 493 g/mol. The van der Waals surface area contributed by atoms with Crippen LogP contribution in [0.2, 0.25) is 5.02 Å². The molecule has 0 spiro atoms. The molecule has 0 saturated carbocycles. The van der Waals surface area contributed by atoms with Crippen LogP contribution < -0.4 is 10.2 Å². The number of benzene rings is 1. The SMILES string of the molecule is CC(C)(C)c1cc(CNC(=O)N2CCN(c3ncccc3C(F)(F)F)CC2)n(-c2cccc(Cl)c2)n1. The zero-order valence-electron chi connectivity index (χ0n) is 20.3. The number of anilines is 1. The molecule has 0 unspecified atom stereocenters. The van der Waals surface area contributed by atoms with Gasteiger partial charge in [-0.05, 0) is 36.4 Å². The van der Waals surface area contributed by atoms with Gasteiger partial charge in [0.15, 0.2) is 0 Å². The summed E-state index contributed by atoms with van der Waals surface area (Å²) in [4.78, 5) is 20.0. The summed E-state index contributed by atoms with van der Waals surface area (Å²) < 4.78 is 41.9. The molecule has 3 heterocycles. The number of hydrogen-bond donors (Lipinski definition) is 1. The van der Waals surface area contributed by atoms with Crippen molar-refractivity contribution in [2.75, 3.05) is 31.1 Å². The third-order valence-electron chi connectivity index (χ3n) is 5.98. The van der Waals surface area contributed by atoms with Gasteiger partial charge in [0.05, 0.1) is 29.2 Å². The highest BCUT2D eigenvalue weighted by Crippen LogP contribution is 2.35. The van der Waals surface area contributed by atoms with E-state index in [1.807, 2.05) is 18.2 Å². The molecule has 0 radical (unpaired) electrons. The Morgan fingerprint density at radius 3 is 2.42 bits per heavy atom. The van der Waals surface area contributed by atoms with Gasteiger partial charge in [-0.3, -0.25) is 0 Å². The molecule has 1 aliphatic rings. The molecule has 192 valence electrons. The number of alkyl halides is 3. The van der Waals surface area contributed by atoms with Gasteiger partial charge in [-0.15, -0.1) is 0 Å². The fourth-order valence-electron chi connectivity index (χ4n) is 4.01. The number of carbonyl (C=O) groups is 1. The minimum Gasteiger partial charge on any atom is -0.353 e. The highest BCUT2D eigenvalue weighted by atomic mass is 35.5. The normalized spacial score (nSPS) is 14.8. The first-order chi connectivity index (χ1) is 16.9. The van der Waals surface area contributed by atoms with E-state index in [4.69, 9.17) is 16.7 Å². The molecule has 1 saturated heterocycles. The summed E-state index contributed by atoms with van der Waals surface area (Å²) in [6, 6.07) is 11.3. The van der Waals surface area contributed by atoms with Crippen LogP contribution in [0, 0.1) is 0 Å². The quantitative estimate of drug-likeness (QED) is 0.509. The third-order valence-corrected chi connectivity index (χ3v) is 6.22. The Bertz CT molecular complexity index is 1230. The van der Waals surface area contributed by atoms with E-state index in [-0.39, 0.29) is 50.0 Å². The summed E-state index contributed by atoms with van der Waals surface area (Å²) in [5.41, 5.74) is 1.48. The van der Waals surface area contributed by atoms with E-state index in [0.717, 1.165) is 23.1 Å². The van der Waals surface area contributed by atoms with E-state index >= 15 is 0 Å². The summed E-state index contributed by atoms with van der Waals surface area (Å²) in [6.07, 6.45) is -3.14. The maximum atomic E-state index is 13.4. The second-order valence-electron chi connectivity index (χ2n) is 9.67. The van der Waals surface area contributed by atoms with Gasteiger partial charge in [-0.1, -0.05) is 38.4 Å². The Kier molecular flexibility index (Phi) is 7.17. The van der Waals surface area contributed by atoms with Crippen LogP contribution in [0.3, 0.4) is 0 Å². The second-order valence-corrected chi connectivity index (χ2v) is 10.1. The number of piperazine rings is 1. The molecule has 4 rings (SSSR count). The number of hydrogen-bond acceptors (Lipinski definition) is 4. The minimum atomic E-state index is -4.49. The molecule has 0 atom stereocenters. The third kappa shape index (κ3) is 5.75. The van der Waals surface area contributed by atoms with Gasteiger partial charge in [-0.2, -0.15) is 18.3 Å². The lowest BCUT2D eigenvalue weighted by Gasteiger charge is -2.36. The van der Waals surface area contributed by atoms with Crippen LogP contribution in [-0.4, -0.2) is 51.9 Å². The fraction of sp³-hybridized carbons (Fsp3) is 0.400. The predicted molar refractivity (Wildman–Crippen MR) is 133 cm³/mol. The number of aromatic nitrogens is 3. The number of pyridine rings is 1. The molecule has 7 nitrogen and oxygen atoms in total. The lowest BCUT2D eigenvalue weighted by atomic mass is 9.92. The molecule has 1 aromatic carbocycles. The van der Waals surface area contributed by atoms with Gasteiger partial charge in [0.2, 0.25) is 0 Å². The largest absolute Gasteiger partial charge is 0.419 e. The molecule has 3 aromatic rings. The Morgan fingerprint density at radius 1 is 1.06 bits per heavy atom. The van der Waals surface area contributed by atoms with Crippen molar-refractivity contribution in [2.24, 2.45) is 0 Å². The van der Waals surface area contributed by atoms with Crippen molar-refractivity contribution in [3.05, 3.63) is 70.6 Å². The number of urea groups is 1. The second kappa shape index (κ2) is 10.0. The summed E-state index contributed by atoms with van der Waals surface area (Å²) in [6.45, 7) is 7.47. The van der Waals surface area contributed by atoms with Gasteiger partial charge in [0, 0.05) is 42.8 Å². The average Bonchev–Trinajstić information content (AvgIpc) is 3.27. The molecule has 11 heteroatoms. The van der Waals surface area contributed by atoms with E-state index < -0.39 is 11.7 Å². The number of nitrogens with zero attached hydrogens (tertiary/aromatic N) is 5. The average molecular weight is 521 g/mol. The van der Waals surface area contributed by atoms with E-state index in [2.05, 4.69) is 31.1 Å². The van der Waals surface area contributed by atoms with Crippen LogP contribution >= 0.6 is 11.6 Å². The Hall–Kier alpha value is -3.27. The van der Waals surface area contributed by atoms with E-state index in [1.54, 1.807) is 26.6 Å². The standard InChI is InChI=1S/C25H28ClF3N6O/c1-24(2,3)21-15-19(35(32-21)18-7-4-6-17(26)14-18)16-31-23(36)34-12-10-33(11-13-34)22-20(25(27,28)29)8-5-9-30-22/h4-9,14-15H,10-13,16H2,1-3H3,(H,31,36). The molecule has 0 aliphatic carbocycles. The Balaban J connectivity index is 1.43. The van der Waals surface area contributed by atoms with Crippen molar-refractivity contribution in [3.8, 4) is 5.69 Å². The first-order valence-corrected chi connectivity index (χ1v) is 12.0. The van der Waals surface area contributed by atoms with Crippen molar-refractivity contribution in [3.63, 3.8) is 0 Å². The first kappa shape index (κ1) is 25.8. The highest BCUT2D eigenvalue weighted by Gasteiger charge is 2.36. The number of nitrogens with one attached hydrogen (secondary N) is 1. The Labute approximate surface area is 212 Å². The topological polar surface area (TPSA) is 66.3 Å². The van der Waals surface area contributed by atoms with Gasteiger partial charge in [0.25, 0.3) is 0 Å². The number of halogens is 4. The van der Waals surface area contributed by atoms with Crippen LogP contribution in [-0.2, 0) is 18.1 Å². The van der Waals surface area contributed by atoms with Crippen LogP contribution in [0.4, 0.5) is 23.8 Å². The van der Waals surface area contributed by atoms with E-state index in [9.17, 15) is 18.0 Å². The molecule has 2 aromatic heterocycles. The van der Waals surface area contributed by atoms with Crippen LogP contribution in [0.1, 0.15) is 37.7 Å². The molecule has 1 fully saturated rings. The Morgan fingerprint density at radius 2 is 1.78 bits per heavy atom. The van der Waals surface area contributed by atoms with Gasteiger partial charge in [-0.25, -0.2) is 14.5 Å². The molecule has 1 aliphatic heterocycles. The molecule has 0 bridgehead atoms. The summed E-state index contributed by atoms with van der Waals surface area (Å²) in [5.74, 6) is -0.106. The number of rotatable bonds is 4. The summed E-state index contributed by atoms with van der Waals surface area (Å²) >= 11 is 6.18. The number of carbonyl (C=O) groups excluding carboxylic acids is 1. The van der Waals surface area contributed by atoms with Crippen LogP contribution in [0.25, 0.3) is 5.69 Å². The fourth-order valence-corrected chi connectivity index (χ4v) is 4.20. The smallest absolute Gasteiger partial charge is 0.353 e. The van der Waals surface area contributed by atoms with Crippen molar-refractivity contribution < 1.29 is 18.0 Å². The first-order valence-electron chi connectivity index (χ1n) is 11.6. The van der Waals surface area contributed by atoms with Gasteiger partial charge < -0.3 is 15.1 Å². The summed E-state index contributed by atoms with van der Waals surface area (Å²) in [5, 5.41) is 8.25. The van der Waals surface area contributed by atoms with Gasteiger partial charge >= 0.3 is 12.2 Å². The van der Waals surface area contributed by atoms with Crippen molar-refractivity contribution in [2.45, 2.75) is 38.9 Å². The zero-order chi connectivity index (χ0) is 26.1. The monoisotopic (exact) mass is 520 g/mol. The lowest BCUT2D eigenvalue weighted by Crippen LogP contribution is -2.52.